The summed E-state index contributed by atoms with van der Waals surface area (Å²) in [4.78, 5) is 15.9. The number of hydrogen-bond acceptors (Lipinski definition) is 5. The number of hydrogen-bond donors (Lipinski definition) is 1. The summed E-state index contributed by atoms with van der Waals surface area (Å²) < 4.78 is 4.60. The van der Waals surface area contributed by atoms with Gasteiger partial charge in [-0.1, -0.05) is 0 Å². The molecule has 1 rings (SSSR count). The van der Waals surface area contributed by atoms with Crippen LogP contribution in [0.1, 0.15) is 33.3 Å². The normalized spacial score (nSPS) is 12.6. The second-order valence-electron chi connectivity index (χ2n) is 2.75. The van der Waals surface area contributed by atoms with E-state index in [0.29, 0.717) is 10.6 Å². The second kappa shape index (κ2) is 3.85. The Morgan fingerprint density at radius 1 is 1.69 bits per heavy atom. The van der Waals surface area contributed by atoms with Gasteiger partial charge in [0.1, 0.15) is 9.88 Å². The van der Waals surface area contributed by atoms with Crippen molar-refractivity contribution in [3.8, 4) is 0 Å². The van der Waals surface area contributed by atoms with Crippen molar-refractivity contribution in [1.82, 2.24) is 4.98 Å². The Kier molecular flexibility index (Phi) is 3.00. The maximum absolute atomic E-state index is 11.2. The van der Waals surface area contributed by atoms with Gasteiger partial charge in [-0.25, -0.2) is 9.78 Å². The van der Waals surface area contributed by atoms with Gasteiger partial charge < -0.3 is 10.5 Å². The van der Waals surface area contributed by atoms with Crippen molar-refractivity contribution in [2.75, 3.05) is 7.11 Å². The summed E-state index contributed by atoms with van der Waals surface area (Å²) in [5, 5.41) is 0.762. The van der Waals surface area contributed by atoms with Crippen LogP contribution >= 0.6 is 11.3 Å². The Bertz CT molecular complexity index is 320. The maximum atomic E-state index is 11.2. The molecule has 0 bridgehead atoms. The molecule has 0 aliphatic rings. The monoisotopic (exact) mass is 200 g/mol. The highest BCUT2D eigenvalue weighted by Crippen LogP contribution is 2.22. The number of carbonyl (C=O) groups excluding carboxylic acids is 1. The van der Waals surface area contributed by atoms with Crippen LogP contribution in [0.5, 0.6) is 0 Å². The number of thiazole rings is 1. The summed E-state index contributed by atoms with van der Waals surface area (Å²) in [5.74, 6) is -0.345. The molecule has 5 heteroatoms. The largest absolute Gasteiger partial charge is 0.465 e. The molecule has 0 fully saturated rings. The van der Waals surface area contributed by atoms with E-state index in [9.17, 15) is 4.79 Å². The first-order valence-corrected chi connectivity index (χ1v) is 4.69. The van der Waals surface area contributed by atoms with Gasteiger partial charge in [0, 0.05) is 0 Å². The lowest BCUT2D eigenvalue weighted by molar-refractivity contribution is 0.0605. The molecular formula is C8H12N2O2S. The molecule has 1 aromatic heterocycles. The summed E-state index contributed by atoms with van der Waals surface area (Å²) in [7, 11) is 1.35. The average Bonchev–Trinajstić information content (AvgIpc) is 2.46. The third-order valence-corrected chi connectivity index (χ3v) is 2.91. The molecule has 4 nitrogen and oxygen atoms in total. The maximum Gasteiger partial charge on any atom is 0.349 e. The first kappa shape index (κ1) is 10.1. The summed E-state index contributed by atoms with van der Waals surface area (Å²) >= 11 is 1.29. The van der Waals surface area contributed by atoms with Crippen molar-refractivity contribution < 1.29 is 9.53 Å². The quantitative estimate of drug-likeness (QED) is 0.730. The Morgan fingerprint density at radius 2 is 2.31 bits per heavy atom. The fourth-order valence-electron chi connectivity index (χ4n) is 0.894. The number of methoxy groups -OCH3 is 1. The molecule has 0 spiro atoms. The van der Waals surface area contributed by atoms with E-state index in [1.807, 2.05) is 6.92 Å². The molecule has 0 aliphatic heterocycles. The van der Waals surface area contributed by atoms with Crippen molar-refractivity contribution >= 4 is 17.3 Å². The molecule has 0 saturated heterocycles. The van der Waals surface area contributed by atoms with E-state index in [4.69, 9.17) is 5.73 Å². The zero-order valence-corrected chi connectivity index (χ0v) is 8.64. The zero-order valence-electron chi connectivity index (χ0n) is 7.83. The molecule has 0 radical (unpaired) electrons. The van der Waals surface area contributed by atoms with Crippen LogP contribution in [-0.4, -0.2) is 18.1 Å². The van der Waals surface area contributed by atoms with Crippen molar-refractivity contribution in [2.45, 2.75) is 19.9 Å². The van der Waals surface area contributed by atoms with Gasteiger partial charge in [0.15, 0.2) is 0 Å². The van der Waals surface area contributed by atoms with Crippen LogP contribution in [0.15, 0.2) is 0 Å². The van der Waals surface area contributed by atoms with Crippen LogP contribution in [0.3, 0.4) is 0 Å². The molecule has 0 aliphatic carbocycles. The molecule has 13 heavy (non-hydrogen) atoms. The van der Waals surface area contributed by atoms with E-state index in [1.54, 1.807) is 6.92 Å². The van der Waals surface area contributed by atoms with Gasteiger partial charge in [0.2, 0.25) is 0 Å². The molecule has 1 heterocycles. The highest BCUT2D eigenvalue weighted by atomic mass is 32.1. The molecule has 2 N–H and O–H groups in total. The number of nitrogens with zero attached hydrogens (tertiary/aromatic N) is 1. The predicted octanol–water partition coefficient (Wildman–Crippen LogP) is 1.26. The highest BCUT2D eigenvalue weighted by Gasteiger charge is 2.16. The summed E-state index contributed by atoms with van der Waals surface area (Å²) in [6, 6.07) is -0.137. The zero-order chi connectivity index (χ0) is 10.0. The average molecular weight is 200 g/mol. The van der Waals surface area contributed by atoms with E-state index in [-0.39, 0.29) is 12.0 Å². The third kappa shape index (κ3) is 2.05. The Morgan fingerprint density at radius 3 is 2.69 bits per heavy atom. The molecule has 0 amide bonds. The molecule has 0 saturated carbocycles. The van der Waals surface area contributed by atoms with Crippen molar-refractivity contribution in [3.05, 3.63) is 15.6 Å². The number of aromatic nitrogens is 1. The Hall–Kier alpha value is -0.940. The Balaban J connectivity index is 3.03. The SMILES string of the molecule is COC(=O)c1sc(C(C)N)nc1C. The van der Waals surface area contributed by atoms with Gasteiger partial charge in [-0.2, -0.15) is 0 Å². The minimum atomic E-state index is -0.345. The summed E-state index contributed by atoms with van der Waals surface area (Å²) in [5.41, 5.74) is 6.32. The van der Waals surface area contributed by atoms with Crippen LogP contribution in [0.4, 0.5) is 0 Å². The molecular weight excluding hydrogens is 188 g/mol. The second-order valence-corrected chi connectivity index (χ2v) is 3.78. The van der Waals surface area contributed by atoms with Gasteiger partial charge in [0.25, 0.3) is 0 Å². The fraction of sp³-hybridized carbons (Fsp3) is 0.500. The molecule has 1 unspecified atom stereocenters. The third-order valence-electron chi connectivity index (χ3n) is 1.57. The summed E-state index contributed by atoms with van der Waals surface area (Å²) in [6.45, 7) is 3.61. The van der Waals surface area contributed by atoms with Crippen LogP contribution in [0, 0.1) is 6.92 Å². The fourth-order valence-corrected chi connectivity index (χ4v) is 1.83. The van der Waals surface area contributed by atoms with E-state index < -0.39 is 0 Å². The lowest BCUT2D eigenvalue weighted by atomic mass is 10.4. The van der Waals surface area contributed by atoms with Gasteiger partial charge in [-0.3, -0.25) is 0 Å². The molecule has 1 aromatic rings. The number of rotatable bonds is 2. The minimum absolute atomic E-state index is 0.137. The van der Waals surface area contributed by atoms with Crippen LogP contribution < -0.4 is 5.73 Å². The van der Waals surface area contributed by atoms with E-state index in [1.165, 1.54) is 18.4 Å². The van der Waals surface area contributed by atoms with Gasteiger partial charge in [-0.15, -0.1) is 11.3 Å². The number of carbonyl (C=O) groups is 1. The van der Waals surface area contributed by atoms with E-state index in [0.717, 1.165) is 5.01 Å². The van der Waals surface area contributed by atoms with Gasteiger partial charge in [0.05, 0.1) is 18.8 Å². The van der Waals surface area contributed by atoms with Crippen molar-refractivity contribution in [1.29, 1.82) is 0 Å². The van der Waals surface area contributed by atoms with Gasteiger partial charge >= 0.3 is 5.97 Å². The lowest BCUT2D eigenvalue weighted by Gasteiger charge is -1.96. The van der Waals surface area contributed by atoms with Gasteiger partial charge in [-0.05, 0) is 13.8 Å². The number of esters is 1. The number of nitrogens with two attached hydrogens (primary N) is 1. The van der Waals surface area contributed by atoms with Crippen LogP contribution in [0.2, 0.25) is 0 Å². The predicted molar refractivity (Wildman–Crippen MR) is 50.8 cm³/mol. The van der Waals surface area contributed by atoms with Crippen LogP contribution in [0.25, 0.3) is 0 Å². The first-order valence-electron chi connectivity index (χ1n) is 3.87. The number of ether oxygens (including phenoxy) is 1. The standard InChI is InChI=1S/C8H12N2O2S/c1-4(9)7-10-5(2)6(13-7)8(11)12-3/h4H,9H2,1-3H3. The minimum Gasteiger partial charge on any atom is -0.465 e. The van der Waals surface area contributed by atoms with Crippen LogP contribution in [-0.2, 0) is 4.74 Å². The topological polar surface area (TPSA) is 65.2 Å². The number of aryl methyl sites for hydroxylation is 1. The van der Waals surface area contributed by atoms with E-state index >= 15 is 0 Å². The molecule has 0 aromatic carbocycles. The smallest absolute Gasteiger partial charge is 0.349 e. The first-order chi connectivity index (χ1) is 6.06. The van der Waals surface area contributed by atoms with Crippen molar-refractivity contribution in [2.24, 2.45) is 5.73 Å². The summed E-state index contributed by atoms with van der Waals surface area (Å²) in [6.07, 6.45) is 0. The molecule has 1 atom stereocenters. The molecule has 72 valence electrons. The highest BCUT2D eigenvalue weighted by molar-refractivity contribution is 7.13. The van der Waals surface area contributed by atoms with Crippen molar-refractivity contribution in [3.63, 3.8) is 0 Å². The Labute approximate surface area is 80.7 Å². The van der Waals surface area contributed by atoms with E-state index in [2.05, 4.69) is 9.72 Å². The lowest BCUT2D eigenvalue weighted by Crippen LogP contribution is -2.03.